The first-order valence-corrected chi connectivity index (χ1v) is 6.13. The van der Waals surface area contributed by atoms with Crippen molar-refractivity contribution in [3.05, 3.63) is 34.1 Å². The second-order valence-electron chi connectivity index (χ2n) is 4.67. The van der Waals surface area contributed by atoms with Gasteiger partial charge in [0.1, 0.15) is 11.9 Å². The molecular formula is C13H16ClFO2. The van der Waals surface area contributed by atoms with Crippen molar-refractivity contribution in [3.63, 3.8) is 0 Å². The van der Waals surface area contributed by atoms with Gasteiger partial charge in [-0.05, 0) is 37.0 Å². The maximum Gasteiger partial charge on any atom is 0.127 e. The molecule has 0 spiro atoms. The predicted octanol–water partition coefficient (Wildman–Crippen LogP) is 3.25. The lowest BCUT2D eigenvalue weighted by Crippen LogP contribution is -2.23. The van der Waals surface area contributed by atoms with Gasteiger partial charge >= 0.3 is 0 Å². The standard InChI is InChI=1S/C13H16ClFO2/c1-7-3-4-17-13(7)12(16)9-5-8(2)11(15)6-10(9)14/h5-7,12-13,16H,3-4H2,1-2H3. The van der Waals surface area contributed by atoms with Crippen molar-refractivity contribution in [1.82, 2.24) is 0 Å². The number of hydrogen-bond donors (Lipinski definition) is 1. The van der Waals surface area contributed by atoms with E-state index in [9.17, 15) is 9.50 Å². The summed E-state index contributed by atoms with van der Waals surface area (Å²) in [6.45, 7) is 4.34. The van der Waals surface area contributed by atoms with Crippen LogP contribution in [0.1, 0.15) is 30.6 Å². The highest BCUT2D eigenvalue weighted by Gasteiger charge is 2.33. The molecule has 17 heavy (non-hydrogen) atoms. The molecule has 1 heterocycles. The van der Waals surface area contributed by atoms with Crippen LogP contribution in [0.3, 0.4) is 0 Å². The molecule has 1 aromatic carbocycles. The Morgan fingerprint density at radius 3 is 2.82 bits per heavy atom. The van der Waals surface area contributed by atoms with E-state index in [1.807, 2.05) is 6.92 Å². The van der Waals surface area contributed by atoms with E-state index >= 15 is 0 Å². The second-order valence-corrected chi connectivity index (χ2v) is 5.08. The normalized spacial score (nSPS) is 26.2. The van der Waals surface area contributed by atoms with Gasteiger partial charge < -0.3 is 9.84 Å². The first-order chi connectivity index (χ1) is 8.00. The zero-order valence-electron chi connectivity index (χ0n) is 9.91. The number of aliphatic hydroxyl groups excluding tert-OH is 1. The Labute approximate surface area is 105 Å². The van der Waals surface area contributed by atoms with Crippen LogP contribution < -0.4 is 0 Å². The summed E-state index contributed by atoms with van der Waals surface area (Å²) in [4.78, 5) is 0. The van der Waals surface area contributed by atoms with Gasteiger partial charge in [-0.2, -0.15) is 0 Å². The van der Waals surface area contributed by atoms with Gasteiger partial charge in [0.05, 0.1) is 6.10 Å². The number of aliphatic hydroxyl groups is 1. The largest absolute Gasteiger partial charge is 0.386 e. The zero-order chi connectivity index (χ0) is 12.6. The van der Waals surface area contributed by atoms with Crippen molar-refractivity contribution in [2.75, 3.05) is 6.61 Å². The van der Waals surface area contributed by atoms with E-state index in [4.69, 9.17) is 16.3 Å². The highest BCUT2D eigenvalue weighted by molar-refractivity contribution is 6.31. The molecule has 94 valence electrons. The Kier molecular flexibility index (Phi) is 3.71. The molecule has 1 aromatic rings. The third-order valence-corrected chi connectivity index (χ3v) is 3.68. The molecule has 1 aliphatic heterocycles. The van der Waals surface area contributed by atoms with Crippen LogP contribution in [0.4, 0.5) is 4.39 Å². The van der Waals surface area contributed by atoms with Crippen LogP contribution in [0.2, 0.25) is 5.02 Å². The van der Waals surface area contributed by atoms with Crippen LogP contribution in [0.5, 0.6) is 0 Å². The van der Waals surface area contributed by atoms with Crippen molar-refractivity contribution in [2.24, 2.45) is 5.92 Å². The van der Waals surface area contributed by atoms with Crippen LogP contribution >= 0.6 is 11.6 Å². The Morgan fingerprint density at radius 2 is 2.24 bits per heavy atom. The molecule has 0 aliphatic carbocycles. The molecule has 2 nitrogen and oxygen atoms in total. The smallest absolute Gasteiger partial charge is 0.127 e. The number of rotatable bonds is 2. The van der Waals surface area contributed by atoms with Gasteiger partial charge in [-0.15, -0.1) is 0 Å². The molecular weight excluding hydrogens is 243 g/mol. The lowest BCUT2D eigenvalue weighted by molar-refractivity contribution is -0.0178. The van der Waals surface area contributed by atoms with Crippen LogP contribution in [0, 0.1) is 18.7 Å². The first-order valence-electron chi connectivity index (χ1n) is 5.76. The maximum atomic E-state index is 13.3. The van der Waals surface area contributed by atoms with Crippen molar-refractivity contribution in [1.29, 1.82) is 0 Å². The van der Waals surface area contributed by atoms with E-state index in [1.54, 1.807) is 13.0 Å². The number of halogens is 2. The quantitative estimate of drug-likeness (QED) is 0.882. The van der Waals surface area contributed by atoms with E-state index in [-0.39, 0.29) is 22.9 Å². The summed E-state index contributed by atoms with van der Waals surface area (Å²) < 4.78 is 18.8. The zero-order valence-corrected chi connectivity index (χ0v) is 10.7. The molecule has 0 bridgehead atoms. The summed E-state index contributed by atoms with van der Waals surface area (Å²) in [6.07, 6.45) is -0.115. The Balaban J connectivity index is 2.30. The topological polar surface area (TPSA) is 29.5 Å². The van der Waals surface area contributed by atoms with Crippen molar-refractivity contribution >= 4 is 11.6 Å². The lowest BCUT2D eigenvalue weighted by atomic mass is 9.94. The van der Waals surface area contributed by atoms with Crippen LogP contribution in [0.25, 0.3) is 0 Å². The molecule has 4 heteroatoms. The molecule has 2 rings (SSSR count). The van der Waals surface area contributed by atoms with E-state index in [2.05, 4.69) is 0 Å². The minimum atomic E-state index is -0.792. The third kappa shape index (κ3) is 2.46. The van der Waals surface area contributed by atoms with Gasteiger partial charge in [-0.25, -0.2) is 4.39 Å². The molecule has 0 saturated carbocycles. The SMILES string of the molecule is Cc1cc(C(O)C2OCCC2C)c(Cl)cc1F. The molecule has 3 atom stereocenters. The van der Waals surface area contributed by atoms with E-state index in [0.717, 1.165) is 6.42 Å². The van der Waals surface area contributed by atoms with Crippen LogP contribution in [-0.4, -0.2) is 17.8 Å². The van der Waals surface area contributed by atoms with Gasteiger partial charge in [-0.1, -0.05) is 18.5 Å². The first kappa shape index (κ1) is 12.8. The van der Waals surface area contributed by atoms with Gasteiger partial charge in [0.15, 0.2) is 0 Å². The Morgan fingerprint density at radius 1 is 1.53 bits per heavy atom. The van der Waals surface area contributed by atoms with Gasteiger partial charge in [-0.3, -0.25) is 0 Å². The Bertz CT molecular complexity index is 422. The fourth-order valence-corrected chi connectivity index (χ4v) is 2.47. The van der Waals surface area contributed by atoms with Crippen LogP contribution in [-0.2, 0) is 4.74 Å². The molecule has 1 saturated heterocycles. The van der Waals surface area contributed by atoms with Crippen molar-refractivity contribution in [3.8, 4) is 0 Å². The van der Waals surface area contributed by atoms with Crippen LogP contribution in [0.15, 0.2) is 12.1 Å². The molecule has 0 radical (unpaired) electrons. The van der Waals surface area contributed by atoms with Gasteiger partial charge in [0, 0.05) is 17.2 Å². The summed E-state index contributed by atoms with van der Waals surface area (Å²) in [7, 11) is 0. The third-order valence-electron chi connectivity index (χ3n) is 3.35. The number of hydrogen-bond acceptors (Lipinski definition) is 2. The van der Waals surface area contributed by atoms with E-state index < -0.39 is 6.10 Å². The average molecular weight is 259 g/mol. The molecule has 1 N–H and O–H groups in total. The number of aryl methyl sites for hydroxylation is 1. The molecule has 0 amide bonds. The average Bonchev–Trinajstić information content (AvgIpc) is 2.69. The highest BCUT2D eigenvalue weighted by Crippen LogP contribution is 2.35. The van der Waals surface area contributed by atoms with Gasteiger partial charge in [0.2, 0.25) is 0 Å². The van der Waals surface area contributed by atoms with Crippen molar-refractivity contribution < 1.29 is 14.2 Å². The minimum Gasteiger partial charge on any atom is -0.386 e. The number of ether oxygens (including phenoxy) is 1. The second kappa shape index (κ2) is 4.92. The summed E-state index contributed by atoms with van der Waals surface area (Å²) in [5.41, 5.74) is 1.03. The minimum absolute atomic E-state index is 0.252. The maximum absolute atomic E-state index is 13.3. The molecule has 3 unspecified atom stereocenters. The fourth-order valence-electron chi connectivity index (χ4n) is 2.20. The lowest BCUT2D eigenvalue weighted by Gasteiger charge is -2.23. The molecule has 0 aromatic heterocycles. The fraction of sp³-hybridized carbons (Fsp3) is 0.538. The van der Waals surface area contributed by atoms with E-state index in [1.165, 1.54) is 6.07 Å². The monoisotopic (exact) mass is 258 g/mol. The Hall–Kier alpha value is -0.640. The molecule has 1 fully saturated rings. The summed E-state index contributed by atoms with van der Waals surface area (Å²) >= 11 is 5.97. The summed E-state index contributed by atoms with van der Waals surface area (Å²) in [5.74, 6) is -0.0715. The van der Waals surface area contributed by atoms with Gasteiger partial charge in [0.25, 0.3) is 0 Å². The van der Waals surface area contributed by atoms with E-state index in [0.29, 0.717) is 17.7 Å². The summed E-state index contributed by atoms with van der Waals surface area (Å²) in [6, 6.07) is 2.84. The highest BCUT2D eigenvalue weighted by atomic mass is 35.5. The predicted molar refractivity (Wildman–Crippen MR) is 64.6 cm³/mol. The number of benzene rings is 1. The molecule has 1 aliphatic rings. The summed E-state index contributed by atoms with van der Waals surface area (Å²) in [5, 5.41) is 10.5. The van der Waals surface area contributed by atoms with Crippen molar-refractivity contribution in [2.45, 2.75) is 32.5 Å².